The SMILES string of the molecule is COc1ccc(CC(=O)Nc2ccccc2-c2nc(-c3ccc(OC)cc3)no2)cc1. The Hall–Kier alpha value is -4.13. The third-order valence-electron chi connectivity index (χ3n) is 4.73. The van der Waals surface area contributed by atoms with Gasteiger partial charge in [-0.05, 0) is 54.1 Å². The lowest BCUT2D eigenvalue weighted by Gasteiger charge is -2.09. The molecule has 7 nitrogen and oxygen atoms in total. The topological polar surface area (TPSA) is 86.5 Å². The first-order valence-electron chi connectivity index (χ1n) is 9.66. The van der Waals surface area contributed by atoms with Gasteiger partial charge in [0.2, 0.25) is 11.7 Å². The van der Waals surface area contributed by atoms with E-state index >= 15 is 0 Å². The monoisotopic (exact) mass is 415 g/mol. The number of anilines is 1. The maximum atomic E-state index is 12.6. The van der Waals surface area contributed by atoms with Crippen molar-refractivity contribution in [3.63, 3.8) is 0 Å². The summed E-state index contributed by atoms with van der Waals surface area (Å²) < 4.78 is 15.8. The quantitative estimate of drug-likeness (QED) is 0.475. The molecular formula is C24H21N3O4. The van der Waals surface area contributed by atoms with Crippen molar-refractivity contribution in [3.8, 4) is 34.3 Å². The predicted octanol–water partition coefficient (Wildman–Crippen LogP) is 4.60. The van der Waals surface area contributed by atoms with E-state index in [1.807, 2.05) is 66.7 Å². The highest BCUT2D eigenvalue weighted by Gasteiger charge is 2.15. The number of para-hydroxylation sites is 1. The number of benzene rings is 3. The number of nitrogens with zero attached hydrogens (tertiary/aromatic N) is 2. The van der Waals surface area contributed by atoms with Gasteiger partial charge in [-0.3, -0.25) is 4.79 Å². The second-order valence-electron chi connectivity index (χ2n) is 6.77. The fourth-order valence-corrected chi connectivity index (χ4v) is 3.09. The van der Waals surface area contributed by atoms with E-state index in [1.54, 1.807) is 20.3 Å². The number of carbonyl (C=O) groups is 1. The lowest BCUT2D eigenvalue weighted by molar-refractivity contribution is -0.115. The van der Waals surface area contributed by atoms with Crippen LogP contribution in [0.25, 0.3) is 22.8 Å². The van der Waals surface area contributed by atoms with Crippen LogP contribution in [0.3, 0.4) is 0 Å². The van der Waals surface area contributed by atoms with Crippen LogP contribution in [0.1, 0.15) is 5.56 Å². The van der Waals surface area contributed by atoms with Crippen LogP contribution in [0.2, 0.25) is 0 Å². The van der Waals surface area contributed by atoms with E-state index in [2.05, 4.69) is 15.5 Å². The standard InChI is InChI=1S/C24H21N3O4/c1-29-18-11-7-16(8-12-18)15-22(28)25-21-6-4-3-5-20(21)24-26-23(27-31-24)17-9-13-19(30-2)14-10-17/h3-14H,15H2,1-2H3,(H,25,28). The molecular weight excluding hydrogens is 394 g/mol. The largest absolute Gasteiger partial charge is 0.497 e. The Kier molecular flexibility index (Phi) is 5.93. The Morgan fingerprint density at radius 3 is 2.23 bits per heavy atom. The lowest BCUT2D eigenvalue weighted by Crippen LogP contribution is -2.15. The Bertz CT molecular complexity index is 1170. The van der Waals surface area contributed by atoms with E-state index in [0.29, 0.717) is 23.0 Å². The summed E-state index contributed by atoms with van der Waals surface area (Å²) in [5.74, 6) is 2.13. The number of methoxy groups -OCH3 is 2. The first-order chi connectivity index (χ1) is 15.2. The maximum Gasteiger partial charge on any atom is 0.260 e. The summed E-state index contributed by atoms with van der Waals surface area (Å²) in [4.78, 5) is 17.1. The van der Waals surface area contributed by atoms with Gasteiger partial charge in [-0.1, -0.05) is 29.4 Å². The zero-order valence-electron chi connectivity index (χ0n) is 17.2. The molecule has 156 valence electrons. The molecule has 0 bridgehead atoms. The Balaban J connectivity index is 1.51. The molecule has 0 aliphatic carbocycles. The van der Waals surface area contributed by atoms with Crippen LogP contribution < -0.4 is 14.8 Å². The van der Waals surface area contributed by atoms with Gasteiger partial charge in [-0.15, -0.1) is 0 Å². The summed E-state index contributed by atoms with van der Waals surface area (Å²) in [6.07, 6.45) is 0.235. The van der Waals surface area contributed by atoms with Crippen LogP contribution in [0.15, 0.2) is 77.3 Å². The van der Waals surface area contributed by atoms with Crippen molar-refractivity contribution in [2.75, 3.05) is 19.5 Å². The molecule has 1 aromatic heterocycles. The van der Waals surface area contributed by atoms with Crippen LogP contribution in [0.4, 0.5) is 5.69 Å². The summed E-state index contributed by atoms with van der Waals surface area (Å²) >= 11 is 0. The molecule has 0 saturated carbocycles. The highest BCUT2D eigenvalue weighted by Crippen LogP contribution is 2.29. The lowest BCUT2D eigenvalue weighted by atomic mass is 10.1. The molecule has 0 atom stereocenters. The molecule has 4 rings (SSSR count). The molecule has 0 radical (unpaired) electrons. The van der Waals surface area contributed by atoms with Gasteiger partial charge in [0.15, 0.2) is 0 Å². The van der Waals surface area contributed by atoms with Crippen molar-refractivity contribution in [3.05, 3.63) is 78.4 Å². The average molecular weight is 415 g/mol. The molecule has 4 aromatic rings. The van der Waals surface area contributed by atoms with Gasteiger partial charge in [0.25, 0.3) is 5.89 Å². The van der Waals surface area contributed by atoms with Crippen LogP contribution in [0, 0.1) is 0 Å². The molecule has 1 heterocycles. The van der Waals surface area contributed by atoms with Gasteiger partial charge in [-0.2, -0.15) is 4.98 Å². The molecule has 0 aliphatic heterocycles. The predicted molar refractivity (Wildman–Crippen MR) is 117 cm³/mol. The van der Waals surface area contributed by atoms with Crippen LogP contribution in [0.5, 0.6) is 11.5 Å². The van der Waals surface area contributed by atoms with E-state index < -0.39 is 0 Å². The van der Waals surface area contributed by atoms with Gasteiger partial charge in [-0.25, -0.2) is 0 Å². The smallest absolute Gasteiger partial charge is 0.260 e. The first kappa shape index (κ1) is 20.2. The van der Waals surface area contributed by atoms with Crippen molar-refractivity contribution in [2.45, 2.75) is 6.42 Å². The second-order valence-corrected chi connectivity index (χ2v) is 6.77. The van der Waals surface area contributed by atoms with Gasteiger partial charge in [0.05, 0.1) is 31.9 Å². The van der Waals surface area contributed by atoms with Crippen molar-refractivity contribution in [1.29, 1.82) is 0 Å². The molecule has 1 amide bonds. The normalized spacial score (nSPS) is 10.5. The molecule has 0 fully saturated rings. The number of rotatable bonds is 7. The van der Waals surface area contributed by atoms with Crippen LogP contribution in [-0.4, -0.2) is 30.3 Å². The molecule has 0 spiro atoms. The number of hydrogen-bond donors (Lipinski definition) is 1. The molecule has 3 aromatic carbocycles. The molecule has 31 heavy (non-hydrogen) atoms. The van der Waals surface area contributed by atoms with Crippen molar-refractivity contribution < 1.29 is 18.8 Å². The van der Waals surface area contributed by atoms with E-state index in [-0.39, 0.29) is 12.3 Å². The fourth-order valence-electron chi connectivity index (χ4n) is 3.09. The van der Waals surface area contributed by atoms with Gasteiger partial charge in [0, 0.05) is 5.56 Å². The first-order valence-corrected chi connectivity index (χ1v) is 9.66. The average Bonchev–Trinajstić information content (AvgIpc) is 3.30. The summed E-state index contributed by atoms with van der Waals surface area (Å²) in [6.45, 7) is 0. The third kappa shape index (κ3) is 4.72. The number of carbonyl (C=O) groups excluding carboxylic acids is 1. The zero-order valence-corrected chi connectivity index (χ0v) is 17.2. The Morgan fingerprint density at radius 1 is 0.903 bits per heavy atom. The number of aromatic nitrogens is 2. The minimum atomic E-state index is -0.146. The summed E-state index contributed by atoms with van der Waals surface area (Å²) in [6, 6.07) is 22.1. The molecule has 0 unspecified atom stereocenters. The Labute approximate surface area is 179 Å². The van der Waals surface area contributed by atoms with Gasteiger partial charge >= 0.3 is 0 Å². The van der Waals surface area contributed by atoms with E-state index in [1.165, 1.54) is 0 Å². The van der Waals surface area contributed by atoms with Gasteiger partial charge in [0.1, 0.15) is 11.5 Å². The highest BCUT2D eigenvalue weighted by molar-refractivity contribution is 5.95. The van der Waals surface area contributed by atoms with Crippen LogP contribution >= 0.6 is 0 Å². The summed E-state index contributed by atoms with van der Waals surface area (Å²) in [7, 11) is 3.22. The van der Waals surface area contributed by atoms with Crippen molar-refractivity contribution >= 4 is 11.6 Å². The Morgan fingerprint density at radius 2 is 1.55 bits per heavy atom. The number of hydrogen-bond acceptors (Lipinski definition) is 6. The molecule has 1 N–H and O–H groups in total. The second kappa shape index (κ2) is 9.13. The molecule has 7 heteroatoms. The number of nitrogens with one attached hydrogen (secondary N) is 1. The fraction of sp³-hybridized carbons (Fsp3) is 0.125. The maximum absolute atomic E-state index is 12.6. The minimum Gasteiger partial charge on any atom is -0.497 e. The zero-order chi connectivity index (χ0) is 21.6. The number of amides is 1. The minimum absolute atomic E-state index is 0.146. The molecule has 0 aliphatic rings. The van der Waals surface area contributed by atoms with E-state index in [9.17, 15) is 4.79 Å². The van der Waals surface area contributed by atoms with Gasteiger partial charge < -0.3 is 19.3 Å². The van der Waals surface area contributed by atoms with E-state index in [4.69, 9.17) is 14.0 Å². The third-order valence-corrected chi connectivity index (χ3v) is 4.73. The molecule has 0 saturated heterocycles. The number of ether oxygens (including phenoxy) is 2. The highest BCUT2D eigenvalue weighted by atomic mass is 16.5. The summed E-state index contributed by atoms with van der Waals surface area (Å²) in [5.41, 5.74) is 2.94. The van der Waals surface area contributed by atoms with Crippen LogP contribution in [-0.2, 0) is 11.2 Å². The van der Waals surface area contributed by atoms with E-state index in [0.717, 1.165) is 22.6 Å². The van der Waals surface area contributed by atoms with Crippen molar-refractivity contribution in [1.82, 2.24) is 10.1 Å². The summed E-state index contributed by atoms with van der Waals surface area (Å²) in [5, 5.41) is 7.01. The van der Waals surface area contributed by atoms with Crippen molar-refractivity contribution in [2.24, 2.45) is 0 Å².